The van der Waals surface area contributed by atoms with E-state index in [0.717, 1.165) is 4.47 Å². The molecule has 0 amide bonds. The van der Waals surface area contributed by atoms with Gasteiger partial charge in [0.15, 0.2) is 19.0 Å². The van der Waals surface area contributed by atoms with Gasteiger partial charge in [0.1, 0.15) is 5.75 Å². The number of nitrogen functional groups attached to an aromatic ring is 1. The zero-order valence-corrected chi connectivity index (χ0v) is 14.3. The Bertz CT molecular complexity index is 679. The minimum Gasteiger partial charge on any atom is -0.482 e. The topological polar surface area (TPSA) is 103 Å². The summed E-state index contributed by atoms with van der Waals surface area (Å²) < 4.78 is 11.3. The Kier molecular flexibility index (Phi) is 5.69. The summed E-state index contributed by atoms with van der Waals surface area (Å²) in [7, 11) is 3.55. The minimum absolute atomic E-state index is 0.0702. The van der Waals surface area contributed by atoms with Crippen molar-refractivity contribution in [3.8, 4) is 5.75 Å². The molecule has 2 N–H and O–H groups in total. The van der Waals surface area contributed by atoms with E-state index in [1.807, 2.05) is 12.1 Å². The second kappa shape index (κ2) is 7.73. The summed E-state index contributed by atoms with van der Waals surface area (Å²) in [6.45, 7) is -0.307. The lowest BCUT2D eigenvalue weighted by molar-refractivity contribution is -0.147. The van der Waals surface area contributed by atoms with Crippen LogP contribution in [0.5, 0.6) is 5.75 Å². The molecule has 0 unspecified atom stereocenters. The van der Waals surface area contributed by atoms with E-state index in [1.54, 1.807) is 31.1 Å². The summed E-state index contributed by atoms with van der Waals surface area (Å²) in [5.41, 5.74) is 5.59. The number of hydrogen-bond acceptors (Lipinski definition) is 8. The lowest BCUT2D eigenvalue weighted by Gasteiger charge is -2.11. The van der Waals surface area contributed by atoms with Crippen molar-refractivity contribution in [2.75, 3.05) is 31.3 Å². The van der Waals surface area contributed by atoms with Gasteiger partial charge in [0.05, 0.1) is 0 Å². The van der Waals surface area contributed by atoms with Crippen molar-refractivity contribution >= 4 is 33.8 Å². The van der Waals surface area contributed by atoms with Gasteiger partial charge < -0.3 is 20.1 Å². The molecule has 0 bridgehead atoms. The zero-order valence-electron chi connectivity index (χ0n) is 12.7. The first-order valence-corrected chi connectivity index (χ1v) is 7.45. The van der Waals surface area contributed by atoms with Crippen molar-refractivity contribution in [1.29, 1.82) is 0 Å². The van der Waals surface area contributed by atoms with Crippen LogP contribution in [0.25, 0.3) is 0 Å². The normalized spacial score (nSPS) is 10.2. The summed E-state index contributed by atoms with van der Waals surface area (Å²) in [5.74, 6) is 0.788. The van der Waals surface area contributed by atoms with Gasteiger partial charge in [-0.25, -0.2) is 4.79 Å². The molecular weight excluding hydrogens is 366 g/mol. The average molecular weight is 382 g/mol. The Morgan fingerprint density at radius 3 is 2.57 bits per heavy atom. The number of hydrogen-bond donors (Lipinski definition) is 1. The maximum Gasteiger partial charge on any atom is 0.344 e. The largest absolute Gasteiger partial charge is 0.482 e. The Balaban J connectivity index is 1.85. The van der Waals surface area contributed by atoms with Crippen LogP contribution in [-0.2, 0) is 16.1 Å². The highest BCUT2D eigenvalue weighted by molar-refractivity contribution is 9.10. The quantitative estimate of drug-likeness (QED) is 0.748. The number of carbonyl (C=O) groups is 1. The van der Waals surface area contributed by atoms with E-state index in [9.17, 15) is 4.79 Å². The van der Waals surface area contributed by atoms with Gasteiger partial charge in [-0.05, 0) is 24.3 Å². The van der Waals surface area contributed by atoms with Crippen molar-refractivity contribution in [2.45, 2.75) is 6.61 Å². The van der Waals surface area contributed by atoms with Crippen molar-refractivity contribution < 1.29 is 14.3 Å². The van der Waals surface area contributed by atoms with E-state index in [2.05, 4.69) is 30.9 Å². The predicted octanol–water partition coefficient (Wildman–Crippen LogP) is 1.40. The first-order valence-electron chi connectivity index (χ1n) is 6.66. The van der Waals surface area contributed by atoms with Crippen LogP contribution in [0.15, 0.2) is 28.7 Å². The summed E-state index contributed by atoms with van der Waals surface area (Å²) in [4.78, 5) is 25.4. The van der Waals surface area contributed by atoms with Crippen LogP contribution in [0.1, 0.15) is 5.82 Å². The molecule has 23 heavy (non-hydrogen) atoms. The molecule has 0 fully saturated rings. The average Bonchev–Trinajstić information content (AvgIpc) is 2.52. The standard InChI is InChI=1S/C14H16BrN5O3/c1-20(2)14-18-11(17-13(16)19-14)7-23-12(21)8-22-10-5-3-9(15)4-6-10/h3-6H,7-8H2,1-2H3,(H2,16,17,18,19). The van der Waals surface area contributed by atoms with Gasteiger partial charge in [-0.2, -0.15) is 15.0 Å². The fourth-order valence-electron chi connectivity index (χ4n) is 1.55. The number of rotatable bonds is 6. The van der Waals surface area contributed by atoms with E-state index in [4.69, 9.17) is 15.2 Å². The summed E-state index contributed by atoms with van der Waals surface area (Å²) in [5, 5.41) is 0. The van der Waals surface area contributed by atoms with Crippen LogP contribution >= 0.6 is 15.9 Å². The third-order valence-electron chi connectivity index (χ3n) is 2.62. The first-order chi connectivity index (χ1) is 10.9. The van der Waals surface area contributed by atoms with Crippen LogP contribution in [0.2, 0.25) is 0 Å². The smallest absolute Gasteiger partial charge is 0.344 e. The van der Waals surface area contributed by atoms with E-state index >= 15 is 0 Å². The number of nitrogens with zero attached hydrogens (tertiary/aromatic N) is 4. The zero-order chi connectivity index (χ0) is 16.8. The highest BCUT2D eigenvalue weighted by Crippen LogP contribution is 2.16. The molecule has 1 heterocycles. The first kappa shape index (κ1) is 16.9. The monoisotopic (exact) mass is 381 g/mol. The molecule has 9 heteroatoms. The van der Waals surface area contributed by atoms with Crippen LogP contribution in [-0.4, -0.2) is 41.6 Å². The third kappa shape index (κ3) is 5.37. The summed E-state index contributed by atoms with van der Waals surface area (Å²) in [6, 6.07) is 7.12. The summed E-state index contributed by atoms with van der Waals surface area (Å²) in [6.07, 6.45) is 0. The number of aromatic nitrogens is 3. The van der Waals surface area contributed by atoms with Gasteiger partial charge in [-0.3, -0.25) is 0 Å². The Morgan fingerprint density at radius 1 is 1.22 bits per heavy atom. The van der Waals surface area contributed by atoms with Gasteiger partial charge >= 0.3 is 5.97 Å². The van der Waals surface area contributed by atoms with Gasteiger partial charge in [0.2, 0.25) is 11.9 Å². The predicted molar refractivity (Wildman–Crippen MR) is 88.0 cm³/mol. The number of ether oxygens (including phenoxy) is 2. The number of nitrogens with two attached hydrogens (primary N) is 1. The molecule has 0 aliphatic heterocycles. The van der Waals surface area contributed by atoms with Crippen molar-refractivity contribution in [2.24, 2.45) is 0 Å². The van der Waals surface area contributed by atoms with Crippen LogP contribution < -0.4 is 15.4 Å². The van der Waals surface area contributed by atoms with Crippen LogP contribution in [0, 0.1) is 0 Å². The molecule has 1 aromatic heterocycles. The number of carbonyl (C=O) groups excluding carboxylic acids is 1. The van der Waals surface area contributed by atoms with Crippen LogP contribution in [0.4, 0.5) is 11.9 Å². The molecule has 0 saturated heterocycles. The van der Waals surface area contributed by atoms with Crippen LogP contribution in [0.3, 0.4) is 0 Å². The second-order valence-electron chi connectivity index (χ2n) is 4.71. The molecule has 8 nitrogen and oxygen atoms in total. The van der Waals surface area contributed by atoms with Gasteiger partial charge in [-0.15, -0.1) is 0 Å². The number of benzene rings is 1. The molecule has 0 saturated carbocycles. The molecular formula is C14H16BrN5O3. The lowest BCUT2D eigenvalue weighted by Crippen LogP contribution is -2.18. The van der Waals surface area contributed by atoms with E-state index in [-0.39, 0.29) is 25.0 Å². The van der Waals surface area contributed by atoms with E-state index in [0.29, 0.717) is 11.7 Å². The van der Waals surface area contributed by atoms with E-state index in [1.165, 1.54) is 0 Å². The third-order valence-corrected chi connectivity index (χ3v) is 3.15. The second-order valence-corrected chi connectivity index (χ2v) is 5.62. The van der Waals surface area contributed by atoms with E-state index < -0.39 is 5.97 Å². The highest BCUT2D eigenvalue weighted by atomic mass is 79.9. The van der Waals surface area contributed by atoms with Gasteiger partial charge in [0, 0.05) is 18.6 Å². The Labute approximate surface area is 141 Å². The number of halogens is 1. The molecule has 2 rings (SSSR count). The highest BCUT2D eigenvalue weighted by Gasteiger charge is 2.10. The van der Waals surface area contributed by atoms with Crippen molar-refractivity contribution in [1.82, 2.24) is 15.0 Å². The van der Waals surface area contributed by atoms with Crippen molar-refractivity contribution in [3.63, 3.8) is 0 Å². The maximum absolute atomic E-state index is 11.7. The fraction of sp³-hybridized carbons (Fsp3) is 0.286. The Hall–Kier alpha value is -2.42. The summed E-state index contributed by atoms with van der Waals surface area (Å²) >= 11 is 3.32. The molecule has 0 aliphatic carbocycles. The minimum atomic E-state index is -0.529. The van der Waals surface area contributed by atoms with Gasteiger partial charge in [0.25, 0.3) is 0 Å². The molecule has 0 aliphatic rings. The van der Waals surface area contributed by atoms with Crippen molar-refractivity contribution in [3.05, 3.63) is 34.6 Å². The molecule has 1 aromatic carbocycles. The van der Waals surface area contributed by atoms with Gasteiger partial charge in [-0.1, -0.05) is 15.9 Å². The molecule has 2 aromatic rings. The fourth-order valence-corrected chi connectivity index (χ4v) is 1.81. The molecule has 0 atom stereocenters. The molecule has 0 radical (unpaired) electrons. The number of anilines is 2. The lowest BCUT2D eigenvalue weighted by atomic mass is 10.3. The molecule has 122 valence electrons. The Morgan fingerprint density at radius 2 is 1.91 bits per heavy atom. The maximum atomic E-state index is 11.7. The SMILES string of the molecule is CN(C)c1nc(N)nc(COC(=O)COc2ccc(Br)cc2)n1. The molecule has 0 spiro atoms. The number of esters is 1.